The lowest BCUT2D eigenvalue weighted by molar-refractivity contribution is 0.311. The summed E-state index contributed by atoms with van der Waals surface area (Å²) in [5, 5.41) is 9.38. The summed E-state index contributed by atoms with van der Waals surface area (Å²) in [6.45, 7) is 10.9. The van der Waals surface area contributed by atoms with Gasteiger partial charge in [-0.15, -0.1) is 0 Å². The van der Waals surface area contributed by atoms with E-state index in [4.69, 9.17) is 0 Å². The van der Waals surface area contributed by atoms with Gasteiger partial charge in [-0.05, 0) is 77.2 Å². The van der Waals surface area contributed by atoms with Crippen molar-refractivity contribution in [3.8, 4) is 0 Å². The van der Waals surface area contributed by atoms with E-state index in [1.165, 1.54) is 23.1 Å². The van der Waals surface area contributed by atoms with Crippen LogP contribution in [0.2, 0.25) is 0 Å². The second-order valence-electron chi connectivity index (χ2n) is 6.52. The first-order chi connectivity index (χ1) is 10.0. The first-order valence-electron chi connectivity index (χ1n) is 8.28. The van der Waals surface area contributed by atoms with Crippen LogP contribution in [0.15, 0.2) is 47.1 Å². The van der Waals surface area contributed by atoms with Crippen LogP contribution in [0.25, 0.3) is 0 Å². The predicted molar refractivity (Wildman–Crippen MR) is 93.3 cm³/mol. The lowest BCUT2D eigenvalue weighted by atomic mass is 9.89. The monoisotopic (exact) mass is 288 g/mol. The van der Waals surface area contributed by atoms with Crippen molar-refractivity contribution in [3.63, 3.8) is 0 Å². The zero-order chi connectivity index (χ0) is 15.7. The summed E-state index contributed by atoms with van der Waals surface area (Å²) in [6, 6.07) is 0. The SMILES string of the molecule is C=C(CO)[C@H]1C/C=C(\C)CC/C=C(\C)CC/C=C(\C)CC1. The molecule has 118 valence electrons. The number of hydrogen-bond donors (Lipinski definition) is 1. The Kier molecular flexibility index (Phi) is 8.37. The van der Waals surface area contributed by atoms with Gasteiger partial charge in [0.15, 0.2) is 0 Å². The van der Waals surface area contributed by atoms with Gasteiger partial charge in [-0.25, -0.2) is 0 Å². The summed E-state index contributed by atoms with van der Waals surface area (Å²) in [4.78, 5) is 0. The molecule has 1 rings (SSSR count). The number of aliphatic hydroxyl groups is 1. The van der Waals surface area contributed by atoms with Crippen molar-refractivity contribution >= 4 is 0 Å². The van der Waals surface area contributed by atoms with E-state index < -0.39 is 0 Å². The van der Waals surface area contributed by atoms with Crippen molar-refractivity contribution < 1.29 is 5.11 Å². The fraction of sp³-hybridized carbons (Fsp3) is 0.600. The molecule has 1 heteroatoms. The molecule has 0 aromatic heterocycles. The van der Waals surface area contributed by atoms with Gasteiger partial charge in [0.1, 0.15) is 0 Å². The molecule has 0 aliphatic heterocycles. The van der Waals surface area contributed by atoms with Crippen LogP contribution in [-0.4, -0.2) is 11.7 Å². The van der Waals surface area contributed by atoms with Crippen molar-refractivity contribution in [3.05, 3.63) is 47.1 Å². The Balaban J connectivity index is 2.80. The van der Waals surface area contributed by atoms with Gasteiger partial charge in [-0.2, -0.15) is 0 Å². The van der Waals surface area contributed by atoms with Gasteiger partial charge >= 0.3 is 0 Å². The minimum absolute atomic E-state index is 0.113. The Bertz CT molecular complexity index is 423. The summed E-state index contributed by atoms with van der Waals surface area (Å²) in [5.74, 6) is 0.411. The molecule has 0 aromatic rings. The van der Waals surface area contributed by atoms with Crippen LogP contribution in [0, 0.1) is 5.92 Å². The maximum Gasteiger partial charge on any atom is 0.0641 e. The third-order valence-electron chi connectivity index (χ3n) is 4.48. The zero-order valence-corrected chi connectivity index (χ0v) is 14.1. The molecule has 1 nitrogen and oxygen atoms in total. The lowest BCUT2D eigenvalue weighted by Gasteiger charge is -2.17. The Morgan fingerprint density at radius 2 is 1.52 bits per heavy atom. The van der Waals surface area contributed by atoms with Gasteiger partial charge < -0.3 is 5.11 Å². The van der Waals surface area contributed by atoms with Gasteiger partial charge in [0.25, 0.3) is 0 Å². The van der Waals surface area contributed by atoms with Gasteiger partial charge in [-0.1, -0.05) is 41.5 Å². The molecule has 0 radical (unpaired) electrons. The van der Waals surface area contributed by atoms with E-state index in [9.17, 15) is 5.11 Å². The molecule has 0 saturated carbocycles. The van der Waals surface area contributed by atoms with Gasteiger partial charge in [0, 0.05) is 0 Å². The quantitative estimate of drug-likeness (QED) is 0.643. The summed E-state index contributed by atoms with van der Waals surface area (Å²) in [7, 11) is 0. The maximum absolute atomic E-state index is 9.38. The molecule has 1 N–H and O–H groups in total. The molecule has 0 spiro atoms. The highest BCUT2D eigenvalue weighted by Gasteiger charge is 2.11. The van der Waals surface area contributed by atoms with E-state index in [0.717, 1.165) is 44.1 Å². The summed E-state index contributed by atoms with van der Waals surface area (Å²) in [5.41, 5.74) is 5.42. The van der Waals surface area contributed by atoms with Crippen molar-refractivity contribution in [2.45, 2.75) is 65.7 Å². The minimum atomic E-state index is 0.113. The molecule has 0 aromatic carbocycles. The summed E-state index contributed by atoms with van der Waals surface area (Å²) < 4.78 is 0. The predicted octanol–water partition coefficient (Wildman–Crippen LogP) is 5.73. The molecule has 0 amide bonds. The average Bonchev–Trinajstić information content (AvgIpc) is 2.45. The second kappa shape index (κ2) is 9.78. The fourth-order valence-corrected chi connectivity index (χ4v) is 2.76. The third kappa shape index (κ3) is 7.47. The van der Waals surface area contributed by atoms with Gasteiger partial charge in [0.2, 0.25) is 0 Å². The topological polar surface area (TPSA) is 20.2 Å². The molecule has 0 saturated heterocycles. The number of aliphatic hydroxyl groups excluding tert-OH is 1. The van der Waals surface area contributed by atoms with E-state index in [2.05, 4.69) is 45.6 Å². The first kappa shape index (κ1) is 18.0. The van der Waals surface area contributed by atoms with Crippen LogP contribution in [0.1, 0.15) is 65.7 Å². The highest BCUT2D eigenvalue weighted by atomic mass is 16.3. The van der Waals surface area contributed by atoms with Crippen LogP contribution in [0.5, 0.6) is 0 Å². The number of rotatable bonds is 2. The molecule has 0 bridgehead atoms. The van der Waals surface area contributed by atoms with E-state index in [-0.39, 0.29) is 6.61 Å². The normalized spacial score (nSPS) is 30.1. The molecular formula is C20H32O. The molecule has 0 heterocycles. The Labute approximate surface area is 131 Å². The summed E-state index contributed by atoms with van der Waals surface area (Å²) in [6.07, 6.45) is 14.9. The Hall–Kier alpha value is -1.08. The molecule has 1 aliphatic carbocycles. The van der Waals surface area contributed by atoms with E-state index in [1.54, 1.807) is 0 Å². The fourth-order valence-electron chi connectivity index (χ4n) is 2.76. The smallest absolute Gasteiger partial charge is 0.0641 e. The molecule has 1 atom stereocenters. The highest BCUT2D eigenvalue weighted by molar-refractivity contribution is 5.11. The van der Waals surface area contributed by atoms with Crippen LogP contribution >= 0.6 is 0 Å². The molecule has 0 unspecified atom stereocenters. The van der Waals surface area contributed by atoms with Crippen molar-refractivity contribution in [2.24, 2.45) is 5.92 Å². The zero-order valence-electron chi connectivity index (χ0n) is 14.1. The largest absolute Gasteiger partial charge is 0.392 e. The molecular weight excluding hydrogens is 256 g/mol. The van der Waals surface area contributed by atoms with E-state index >= 15 is 0 Å². The Morgan fingerprint density at radius 3 is 2.10 bits per heavy atom. The molecule has 0 fully saturated rings. The second-order valence-corrected chi connectivity index (χ2v) is 6.52. The average molecular weight is 288 g/mol. The van der Waals surface area contributed by atoms with Crippen LogP contribution in [-0.2, 0) is 0 Å². The van der Waals surface area contributed by atoms with Crippen LogP contribution in [0.4, 0.5) is 0 Å². The van der Waals surface area contributed by atoms with Crippen LogP contribution in [0.3, 0.4) is 0 Å². The maximum atomic E-state index is 9.38. The number of hydrogen-bond acceptors (Lipinski definition) is 1. The highest BCUT2D eigenvalue weighted by Crippen LogP contribution is 2.24. The number of allylic oxidation sites excluding steroid dienone is 6. The Morgan fingerprint density at radius 1 is 1.00 bits per heavy atom. The van der Waals surface area contributed by atoms with Crippen molar-refractivity contribution in [1.82, 2.24) is 0 Å². The summed E-state index contributed by atoms with van der Waals surface area (Å²) >= 11 is 0. The molecule has 21 heavy (non-hydrogen) atoms. The lowest BCUT2D eigenvalue weighted by Crippen LogP contribution is -2.07. The standard InChI is InChI=1S/C20H32O/c1-16-7-5-9-17(2)11-13-20(19(4)15-21)14-12-18(3)10-6-8-16/h7,10-11,20-21H,4-6,8-9,12-15H2,1-3H3/b16-7+,17-11+,18-10+/t20-/m0/s1. The first-order valence-corrected chi connectivity index (χ1v) is 8.28. The molecule has 1 aliphatic rings. The van der Waals surface area contributed by atoms with Crippen molar-refractivity contribution in [2.75, 3.05) is 6.61 Å². The van der Waals surface area contributed by atoms with E-state index in [0.29, 0.717) is 5.92 Å². The minimum Gasteiger partial charge on any atom is -0.392 e. The van der Waals surface area contributed by atoms with E-state index in [1.807, 2.05) is 0 Å². The van der Waals surface area contributed by atoms with Crippen molar-refractivity contribution in [1.29, 1.82) is 0 Å². The van der Waals surface area contributed by atoms with Gasteiger partial charge in [0.05, 0.1) is 6.61 Å². The van der Waals surface area contributed by atoms with Crippen LogP contribution < -0.4 is 0 Å². The third-order valence-corrected chi connectivity index (χ3v) is 4.48. The van der Waals surface area contributed by atoms with Gasteiger partial charge in [-0.3, -0.25) is 0 Å².